The van der Waals surface area contributed by atoms with Crippen molar-refractivity contribution in [3.63, 3.8) is 0 Å². The molecule has 3 heteroatoms. The molecule has 1 heterocycles. The van der Waals surface area contributed by atoms with E-state index in [2.05, 4.69) is 4.90 Å². The number of para-hydroxylation sites is 1. The Hall–Kier alpha value is -1.06. The minimum atomic E-state index is -0.590. The largest absolute Gasteiger partial charge is 0.493 e. The van der Waals surface area contributed by atoms with Gasteiger partial charge in [0.1, 0.15) is 5.75 Å². The van der Waals surface area contributed by atoms with Crippen LogP contribution in [0.15, 0.2) is 30.3 Å². The zero-order valence-corrected chi connectivity index (χ0v) is 12.0. The molecule has 19 heavy (non-hydrogen) atoms. The summed E-state index contributed by atoms with van der Waals surface area (Å²) in [6.07, 6.45) is 2.31. The molecular weight excluding hydrogens is 238 g/mol. The lowest BCUT2D eigenvalue weighted by atomic mass is 9.96. The Morgan fingerprint density at radius 1 is 1.21 bits per heavy atom. The zero-order chi connectivity index (χ0) is 13.7. The monoisotopic (exact) mass is 263 g/mol. The van der Waals surface area contributed by atoms with Crippen LogP contribution in [0.5, 0.6) is 5.75 Å². The molecule has 3 nitrogen and oxygen atoms in total. The molecule has 0 bridgehead atoms. The first kappa shape index (κ1) is 14.4. The number of benzene rings is 1. The number of hydrogen-bond donors (Lipinski definition) is 1. The Balaban J connectivity index is 1.69. The average molecular weight is 263 g/mol. The third kappa shape index (κ3) is 5.21. The summed E-state index contributed by atoms with van der Waals surface area (Å²) < 4.78 is 5.81. The molecule has 0 amide bonds. The van der Waals surface area contributed by atoms with Gasteiger partial charge in [0.2, 0.25) is 0 Å². The molecule has 1 aromatic carbocycles. The zero-order valence-electron chi connectivity index (χ0n) is 12.0. The molecule has 0 saturated carbocycles. The van der Waals surface area contributed by atoms with Gasteiger partial charge < -0.3 is 14.7 Å². The maximum absolute atomic E-state index is 9.82. The van der Waals surface area contributed by atoms with Crippen LogP contribution in [0.25, 0.3) is 0 Å². The highest BCUT2D eigenvalue weighted by Gasteiger charge is 2.24. The van der Waals surface area contributed by atoms with Crippen LogP contribution in [0.4, 0.5) is 0 Å². The number of aliphatic hydroxyl groups is 1. The van der Waals surface area contributed by atoms with Crippen molar-refractivity contribution < 1.29 is 9.84 Å². The van der Waals surface area contributed by atoms with Gasteiger partial charge in [-0.25, -0.2) is 0 Å². The van der Waals surface area contributed by atoms with Crippen molar-refractivity contribution in [3.8, 4) is 5.75 Å². The first-order valence-corrected chi connectivity index (χ1v) is 7.15. The lowest BCUT2D eigenvalue weighted by molar-refractivity contribution is 0.0212. The molecule has 0 aromatic heterocycles. The molecule has 1 saturated heterocycles. The summed E-state index contributed by atoms with van der Waals surface area (Å²) in [6, 6.07) is 10.0. The van der Waals surface area contributed by atoms with E-state index in [0.717, 1.165) is 44.8 Å². The Bertz CT molecular complexity index is 364. The van der Waals surface area contributed by atoms with Gasteiger partial charge in [-0.2, -0.15) is 0 Å². The van der Waals surface area contributed by atoms with Gasteiger partial charge in [0, 0.05) is 6.54 Å². The lowest BCUT2D eigenvalue weighted by Crippen LogP contribution is -2.43. The van der Waals surface area contributed by atoms with E-state index in [1.165, 1.54) is 0 Å². The summed E-state index contributed by atoms with van der Waals surface area (Å²) >= 11 is 0. The Kier molecular flexibility index (Phi) is 4.83. The molecule has 2 rings (SSSR count). The minimum absolute atomic E-state index is 0.590. The van der Waals surface area contributed by atoms with Crippen molar-refractivity contribution in [2.24, 2.45) is 5.92 Å². The normalized spacial score (nSPS) is 18.5. The van der Waals surface area contributed by atoms with E-state index in [1.807, 2.05) is 44.2 Å². The maximum Gasteiger partial charge on any atom is 0.119 e. The fraction of sp³-hybridized carbons (Fsp3) is 0.625. The molecule has 1 fully saturated rings. The number of hydrogen-bond acceptors (Lipinski definition) is 3. The molecule has 1 N–H and O–H groups in total. The van der Waals surface area contributed by atoms with Gasteiger partial charge in [0.05, 0.1) is 12.2 Å². The summed E-state index contributed by atoms with van der Waals surface area (Å²) in [5.41, 5.74) is -0.590. The highest BCUT2D eigenvalue weighted by molar-refractivity contribution is 5.20. The molecule has 0 atom stereocenters. The maximum atomic E-state index is 9.82. The Morgan fingerprint density at radius 2 is 1.84 bits per heavy atom. The fourth-order valence-corrected chi connectivity index (χ4v) is 2.59. The van der Waals surface area contributed by atoms with Gasteiger partial charge >= 0.3 is 0 Å². The Labute approximate surface area is 116 Å². The summed E-state index contributed by atoms with van der Waals surface area (Å²) in [7, 11) is 0. The van der Waals surface area contributed by atoms with Gasteiger partial charge in [-0.1, -0.05) is 18.2 Å². The molecule has 0 unspecified atom stereocenters. The van der Waals surface area contributed by atoms with Crippen LogP contribution in [0.2, 0.25) is 0 Å². The Morgan fingerprint density at radius 3 is 2.42 bits per heavy atom. The van der Waals surface area contributed by atoms with Gasteiger partial charge in [-0.05, 0) is 57.8 Å². The summed E-state index contributed by atoms with van der Waals surface area (Å²) in [4.78, 5) is 2.35. The van der Waals surface area contributed by atoms with Crippen LogP contribution in [-0.4, -0.2) is 41.8 Å². The van der Waals surface area contributed by atoms with Crippen molar-refractivity contribution in [1.82, 2.24) is 4.90 Å². The quantitative estimate of drug-likeness (QED) is 0.886. The number of nitrogens with zero attached hydrogens (tertiary/aromatic N) is 1. The highest BCUT2D eigenvalue weighted by atomic mass is 16.5. The van der Waals surface area contributed by atoms with E-state index in [1.54, 1.807) is 0 Å². The topological polar surface area (TPSA) is 32.7 Å². The van der Waals surface area contributed by atoms with Crippen molar-refractivity contribution >= 4 is 0 Å². The molecule has 1 aliphatic rings. The van der Waals surface area contributed by atoms with Crippen LogP contribution in [0.1, 0.15) is 26.7 Å². The average Bonchev–Trinajstić information content (AvgIpc) is 2.37. The van der Waals surface area contributed by atoms with Gasteiger partial charge in [-0.3, -0.25) is 0 Å². The first-order chi connectivity index (χ1) is 9.03. The number of β-amino-alcohol motifs (C(OH)–C–C–N with tert-alkyl or cyclic N) is 1. The van der Waals surface area contributed by atoms with Crippen LogP contribution < -0.4 is 4.74 Å². The van der Waals surface area contributed by atoms with E-state index in [-0.39, 0.29) is 0 Å². The van der Waals surface area contributed by atoms with Crippen LogP contribution in [0, 0.1) is 5.92 Å². The summed E-state index contributed by atoms with van der Waals surface area (Å²) in [5, 5.41) is 9.82. The second kappa shape index (κ2) is 6.40. The van der Waals surface area contributed by atoms with Crippen LogP contribution >= 0.6 is 0 Å². The van der Waals surface area contributed by atoms with Crippen molar-refractivity contribution in [1.29, 1.82) is 0 Å². The second-order valence-corrected chi connectivity index (χ2v) is 6.16. The van der Waals surface area contributed by atoms with Crippen molar-refractivity contribution in [3.05, 3.63) is 30.3 Å². The van der Waals surface area contributed by atoms with Crippen LogP contribution in [-0.2, 0) is 0 Å². The standard InChI is InChI=1S/C16H25NO2/c1-16(2,18)13-17-10-8-14(9-11-17)12-19-15-6-4-3-5-7-15/h3-7,14,18H,8-13H2,1-2H3. The van der Waals surface area contributed by atoms with Crippen LogP contribution in [0.3, 0.4) is 0 Å². The first-order valence-electron chi connectivity index (χ1n) is 7.15. The predicted octanol–water partition coefficient (Wildman–Crippen LogP) is 2.55. The molecule has 0 radical (unpaired) electrons. The van der Waals surface area contributed by atoms with E-state index in [0.29, 0.717) is 5.92 Å². The summed E-state index contributed by atoms with van der Waals surface area (Å²) in [6.45, 7) is 7.44. The predicted molar refractivity (Wildman–Crippen MR) is 77.4 cm³/mol. The van der Waals surface area contributed by atoms with Crippen molar-refractivity contribution in [2.45, 2.75) is 32.3 Å². The van der Waals surface area contributed by atoms with E-state index in [9.17, 15) is 5.11 Å². The SMILES string of the molecule is CC(C)(O)CN1CCC(COc2ccccc2)CC1. The third-order valence-corrected chi connectivity index (χ3v) is 3.55. The molecule has 1 aliphatic heterocycles. The van der Waals surface area contributed by atoms with E-state index < -0.39 is 5.60 Å². The number of rotatable bonds is 5. The molecule has 0 spiro atoms. The molecule has 0 aliphatic carbocycles. The number of ether oxygens (including phenoxy) is 1. The number of piperidine rings is 1. The van der Waals surface area contributed by atoms with Gasteiger partial charge in [0.25, 0.3) is 0 Å². The molecular formula is C16H25NO2. The fourth-order valence-electron chi connectivity index (χ4n) is 2.59. The molecule has 106 valence electrons. The van der Waals surface area contributed by atoms with E-state index >= 15 is 0 Å². The number of likely N-dealkylation sites (tertiary alicyclic amines) is 1. The minimum Gasteiger partial charge on any atom is -0.493 e. The van der Waals surface area contributed by atoms with E-state index in [4.69, 9.17) is 4.74 Å². The smallest absolute Gasteiger partial charge is 0.119 e. The van der Waals surface area contributed by atoms with Gasteiger partial charge in [0.15, 0.2) is 0 Å². The third-order valence-electron chi connectivity index (χ3n) is 3.55. The van der Waals surface area contributed by atoms with Gasteiger partial charge in [-0.15, -0.1) is 0 Å². The molecule has 1 aromatic rings. The summed E-state index contributed by atoms with van der Waals surface area (Å²) in [5.74, 6) is 1.60. The highest BCUT2D eigenvalue weighted by Crippen LogP contribution is 2.20. The van der Waals surface area contributed by atoms with Crippen molar-refractivity contribution in [2.75, 3.05) is 26.2 Å². The lowest BCUT2D eigenvalue weighted by Gasteiger charge is -2.35. The second-order valence-electron chi connectivity index (χ2n) is 6.16.